The molecule has 87 valence electrons. The van der Waals surface area contributed by atoms with Crippen molar-refractivity contribution in [1.29, 1.82) is 0 Å². The first-order valence-electron chi connectivity index (χ1n) is 5.47. The Morgan fingerprint density at radius 2 is 1.73 bits per heavy atom. The van der Waals surface area contributed by atoms with Crippen molar-refractivity contribution in [3.8, 4) is 0 Å². The van der Waals surface area contributed by atoms with Crippen molar-refractivity contribution < 1.29 is 4.79 Å². The van der Waals surface area contributed by atoms with E-state index in [9.17, 15) is 4.79 Å². The van der Waals surface area contributed by atoms with Crippen molar-refractivity contribution in [1.82, 2.24) is 0 Å². The predicted octanol–water partition coefficient (Wildman–Crippen LogP) is 4.35. The molecular formula is C14H25O. The van der Waals surface area contributed by atoms with Gasteiger partial charge in [0.25, 0.3) is 0 Å². The van der Waals surface area contributed by atoms with Gasteiger partial charge in [-0.25, -0.2) is 0 Å². The van der Waals surface area contributed by atoms with Crippen LogP contribution in [0.15, 0.2) is 23.3 Å². The van der Waals surface area contributed by atoms with Crippen molar-refractivity contribution >= 4 is 6.29 Å². The maximum Gasteiger partial charge on any atom is 0.142 e. The number of carbonyl (C=O) groups excluding carboxylic acids is 1. The summed E-state index contributed by atoms with van der Waals surface area (Å²) in [5, 5.41) is 0. The van der Waals surface area contributed by atoms with Crippen LogP contribution in [0.3, 0.4) is 0 Å². The summed E-state index contributed by atoms with van der Waals surface area (Å²) >= 11 is 0. The quantitative estimate of drug-likeness (QED) is 0.382. The van der Waals surface area contributed by atoms with Gasteiger partial charge in [0.05, 0.1) is 0 Å². The second-order valence-corrected chi connectivity index (χ2v) is 4.36. The number of allylic oxidation sites excluding steroid dienone is 4. The molecule has 0 amide bonds. The number of carbonyl (C=O) groups is 1. The molecule has 0 saturated carbocycles. The average Bonchev–Trinajstić information content (AvgIpc) is 2.02. The second-order valence-electron chi connectivity index (χ2n) is 4.36. The molecule has 1 heteroatoms. The Hall–Kier alpha value is -0.850. The molecule has 0 aromatic rings. The Morgan fingerprint density at radius 1 is 1.27 bits per heavy atom. The van der Waals surface area contributed by atoms with E-state index in [4.69, 9.17) is 0 Å². The summed E-state index contributed by atoms with van der Waals surface area (Å²) in [6.07, 6.45) is 6.68. The number of rotatable bonds is 4. The topological polar surface area (TPSA) is 17.1 Å². The molecule has 0 N–H and O–H groups in total. The van der Waals surface area contributed by atoms with Crippen LogP contribution in [0.25, 0.3) is 0 Å². The minimum Gasteiger partial charge on any atom is -0.299 e. The molecule has 15 heavy (non-hydrogen) atoms. The van der Waals surface area contributed by atoms with Crippen LogP contribution in [-0.4, -0.2) is 6.29 Å². The number of hydrogen-bond donors (Lipinski definition) is 0. The predicted molar refractivity (Wildman–Crippen MR) is 68.7 cm³/mol. The van der Waals surface area contributed by atoms with Crippen molar-refractivity contribution in [2.24, 2.45) is 5.92 Å². The lowest BCUT2D eigenvalue weighted by Crippen LogP contribution is -1.77. The van der Waals surface area contributed by atoms with E-state index in [1.807, 2.05) is 6.92 Å². The molecular weight excluding hydrogens is 184 g/mol. The van der Waals surface area contributed by atoms with Crippen molar-refractivity contribution in [2.45, 2.75) is 47.5 Å². The SMILES string of the molecule is CC(C)=CCC/C(C)=C/C=O.[CH2]C(C)C. The number of hydrogen-bond acceptors (Lipinski definition) is 1. The van der Waals surface area contributed by atoms with Crippen LogP contribution in [-0.2, 0) is 4.79 Å². The highest BCUT2D eigenvalue weighted by atomic mass is 16.1. The van der Waals surface area contributed by atoms with E-state index in [0.717, 1.165) is 24.7 Å². The highest BCUT2D eigenvalue weighted by Crippen LogP contribution is 2.05. The molecule has 0 aromatic carbocycles. The molecule has 0 spiro atoms. The summed E-state index contributed by atoms with van der Waals surface area (Å²) in [6, 6.07) is 0. The van der Waals surface area contributed by atoms with Gasteiger partial charge in [0, 0.05) is 0 Å². The lowest BCUT2D eigenvalue weighted by Gasteiger charge is -1.94. The standard InChI is InChI=1S/C10H16O.C4H9/c1-9(2)5-4-6-10(3)7-8-11;1-4(2)3/h5,7-8H,4,6H2,1-3H3;4H,1H2,2-3H3/b10-7+;. The molecule has 0 fully saturated rings. The number of aldehydes is 1. The Balaban J connectivity index is 0. The van der Waals surface area contributed by atoms with E-state index in [0.29, 0.717) is 5.92 Å². The first-order valence-corrected chi connectivity index (χ1v) is 5.47. The Morgan fingerprint density at radius 3 is 2.07 bits per heavy atom. The van der Waals surface area contributed by atoms with Crippen molar-refractivity contribution in [3.63, 3.8) is 0 Å². The van der Waals surface area contributed by atoms with Gasteiger partial charge in [-0.15, -0.1) is 0 Å². The molecule has 0 aromatic heterocycles. The molecule has 0 rings (SSSR count). The Bertz CT molecular complexity index is 203. The zero-order valence-electron chi connectivity index (χ0n) is 10.8. The van der Waals surface area contributed by atoms with Gasteiger partial charge in [-0.3, -0.25) is 4.79 Å². The minimum atomic E-state index is 0.583. The van der Waals surface area contributed by atoms with Gasteiger partial charge in [0.15, 0.2) is 0 Å². The van der Waals surface area contributed by atoms with Crippen LogP contribution >= 0.6 is 0 Å². The molecule has 0 heterocycles. The van der Waals surface area contributed by atoms with E-state index in [-0.39, 0.29) is 0 Å². The maximum absolute atomic E-state index is 10.0. The second kappa shape index (κ2) is 11.2. The zero-order chi connectivity index (χ0) is 12.3. The van der Waals surface area contributed by atoms with Crippen LogP contribution in [0, 0.1) is 12.8 Å². The highest BCUT2D eigenvalue weighted by Gasteiger charge is 1.86. The molecule has 0 aliphatic carbocycles. The van der Waals surface area contributed by atoms with Crippen molar-refractivity contribution in [3.05, 3.63) is 30.2 Å². The summed E-state index contributed by atoms with van der Waals surface area (Å²) < 4.78 is 0. The van der Waals surface area contributed by atoms with Gasteiger partial charge >= 0.3 is 0 Å². The van der Waals surface area contributed by atoms with E-state index in [2.05, 4.69) is 40.7 Å². The third-order valence-electron chi connectivity index (χ3n) is 1.44. The normalized spacial score (nSPS) is 10.5. The summed E-state index contributed by atoms with van der Waals surface area (Å²) in [5.74, 6) is 0.583. The monoisotopic (exact) mass is 209 g/mol. The molecule has 0 unspecified atom stereocenters. The minimum absolute atomic E-state index is 0.583. The molecule has 1 nitrogen and oxygen atoms in total. The lowest BCUT2D eigenvalue weighted by molar-refractivity contribution is -0.104. The van der Waals surface area contributed by atoms with Gasteiger partial charge in [-0.1, -0.05) is 38.0 Å². The molecule has 1 radical (unpaired) electrons. The lowest BCUT2D eigenvalue weighted by atomic mass is 10.1. The molecule has 0 bridgehead atoms. The van der Waals surface area contributed by atoms with Gasteiger partial charge in [-0.05, 0) is 45.6 Å². The fourth-order valence-electron chi connectivity index (χ4n) is 0.788. The fraction of sp³-hybridized carbons (Fsp3) is 0.571. The smallest absolute Gasteiger partial charge is 0.142 e. The Kier molecular flexibility index (Phi) is 12.4. The van der Waals surface area contributed by atoms with E-state index in [1.54, 1.807) is 6.08 Å². The van der Waals surface area contributed by atoms with Gasteiger partial charge in [0.1, 0.15) is 6.29 Å². The first kappa shape index (κ1) is 16.6. The van der Waals surface area contributed by atoms with Gasteiger partial charge < -0.3 is 0 Å². The van der Waals surface area contributed by atoms with Gasteiger partial charge in [-0.2, -0.15) is 0 Å². The van der Waals surface area contributed by atoms with E-state index in [1.165, 1.54) is 5.57 Å². The first-order chi connectivity index (χ1) is 6.90. The summed E-state index contributed by atoms with van der Waals surface area (Å²) in [4.78, 5) is 10.0. The third-order valence-corrected chi connectivity index (χ3v) is 1.44. The maximum atomic E-state index is 10.0. The fourth-order valence-corrected chi connectivity index (χ4v) is 0.788. The van der Waals surface area contributed by atoms with E-state index < -0.39 is 0 Å². The largest absolute Gasteiger partial charge is 0.299 e. The molecule has 0 aliphatic rings. The third kappa shape index (κ3) is 24.6. The van der Waals surface area contributed by atoms with Crippen LogP contribution in [0.1, 0.15) is 47.5 Å². The van der Waals surface area contributed by atoms with Crippen LogP contribution < -0.4 is 0 Å². The highest BCUT2D eigenvalue weighted by molar-refractivity contribution is 5.65. The average molecular weight is 209 g/mol. The van der Waals surface area contributed by atoms with Crippen LogP contribution in [0.5, 0.6) is 0 Å². The summed E-state index contributed by atoms with van der Waals surface area (Å²) in [6.45, 7) is 13.9. The van der Waals surface area contributed by atoms with Crippen LogP contribution in [0.2, 0.25) is 0 Å². The molecule has 0 saturated heterocycles. The van der Waals surface area contributed by atoms with Crippen LogP contribution in [0.4, 0.5) is 0 Å². The Labute approximate surface area is 95.3 Å². The summed E-state index contributed by atoms with van der Waals surface area (Å²) in [5.41, 5.74) is 2.49. The van der Waals surface area contributed by atoms with E-state index >= 15 is 0 Å². The zero-order valence-corrected chi connectivity index (χ0v) is 10.8. The van der Waals surface area contributed by atoms with Crippen molar-refractivity contribution in [2.75, 3.05) is 0 Å². The molecule has 0 atom stereocenters. The molecule has 0 aliphatic heterocycles. The summed E-state index contributed by atoms with van der Waals surface area (Å²) in [7, 11) is 0. The van der Waals surface area contributed by atoms with Gasteiger partial charge in [0.2, 0.25) is 0 Å².